The first-order valence-electron chi connectivity index (χ1n) is 6.12. The van der Waals surface area contributed by atoms with Crippen LogP contribution >= 0.6 is 12.4 Å². The first kappa shape index (κ1) is 15.7. The normalized spacial score (nSPS) is 18.3. The molecule has 1 saturated heterocycles. The van der Waals surface area contributed by atoms with E-state index in [0.29, 0.717) is 5.75 Å². The van der Waals surface area contributed by atoms with Crippen LogP contribution in [0.3, 0.4) is 0 Å². The molecule has 2 rings (SSSR count). The lowest BCUT2D eigenvalue weighted by Gasteiger charge is -2.23. The molecule has 1 aliphatic rings. The Morgan fingerprint density at radius 1 is 1.42 bits per heavy atom. The van der Waals surface area contributed by atoms with Crippen LogP contribution in [0, 0.1) is 5.82 Å². The van der Waals surface area contributed by atoms with Gasteiger partial charge >= 0.3 is 0 Å². The Bertz CT molecular complexity index is 394. The first-order chi connectivity index (χ1) is 8.74. The highest BCUT2D eigenvalue weighted by Gasteiger charge is 2.15. The van der Waals surface area contributed by atoms with Crippen LogP contribution in [-0.2, 0) is 4.79 Å². The zero-order chi connectivity index (χ0) is 12.8. The minimum absolute atomic E-state index is 0. The average molecular weight is 289 g/mol. The Balaban J connectivity index is 0.00000180. The summed E-state index contributed by atoms with van der Waals surface area (Å²) < 4.78 is 17.9. The Labute approximate surface area is 118 Å². The summed E-state index contributed by atoms with van der Waals surface area (Å²) >= 11 is 0. The van der Waals surface area contributed by atoms with Crippen LogP contribution in [0.25, 0.3) is 0 Å². The molecule has 0 spiro atoms. The van der Waals surface area contributed by atoms with Gasteiger partial charge in [-0.1, -0.05) is 0 Å². The monoisotopic (exact) mass is 288 g/mol. The second kappa shape index (κ2) is 7.96. The van der Waals surface area contributed by atoms with Crippen molar-refractivity contribution < 1.29 is 13.9 Å². The third-order valence-electron chi connectivity index (χ3n) is 2.85. The number of rotatable bonds is 4. The van der Waals surface area contributed by atoms with Crippen molar-refractivity contribution >= 4 is 18.3 Å². The van der Waals surface area contributed by atoms with Gasteiger partial charge in [0.15, 0.2) is 6.61 Å². The molecule has 2 N–H and O–H groups in total. The summed E-state index contributed by atoms with van der Waals surface area (Å²) in [7, 11) is 0. The van der Waals surface area contributed by atoms with Crippen LogP contribution in [0.15, 0.2) is 24.3 Å². The van der Waals surface area contributed by atoms with Gasteiger partial charge in [-0.25, -0.2) is 4.39 Å². The van der Waals surface area contributed by atoms with Crippen LogP contribution < -0.4 is 15.4 Å². The fourth-order valence-electron chi connectivity index (χ4n) is 1.92. The maximum Gasteiger partial charge on any atom is 0.258 e. The van der Waals surface area contributed by atoms with Crippen LogP contribution in [0.2, 0.25) is 0 Å². The summed E-state index contributed by atoms with van der Waals surface area (Å²) in [5.74, 6) is 0.0291. The lowest BCUT2D eigenvalue weighted by molar-refractivity contribution is -0.123. The molecule has 1 aromatic rings. The predicted octanol–water partition coefficient (Wildman–Crippen LogP) is 1.49. The highest BCUT2D eigenvalue weighted by Crippen LogP contribution is 2.10. The fraction of sp³-hybridized carbons (Fsp3) is 0.462. The topological polar surface area (TPSA) is 50.4 Å². The highest BCUT2D eigenvalue weighted by molar-refractivity contribution is 5.85. The average Bonchev–Trinajstić information content (AvgIpc) is 2.39. The van der Waals surface area contributed by atoms with Gasteiger partial charge < -0.3 is 15.4 Å². The number of halogens is 2. The minimum Gasteiger partial charge on any atom is -0.484 e. The number of benzene rings is 1. The molecule has 0 radical (unpaired) electrons. The minimum atomic E-state index is -0.319. The molecular formula is C13H18ClFN2O2. The summed E-state index contributed by atoms with van der Waals surface area (Å²) in [4.78, 5) is 11.6. The molecule has 4 nitrogen and oxygen atoms in total. The van der Waals surface area contributed by atoms with E-state index in [-0.39, 0.29) is 36.8 Å². The molecule has 1 aromatic carbocycles. The zero-order valence-corrected chi connectivity index (χ0v) is 11.3. The lowest BCUT2D eigenvalue weighted by atomic mass is 10.1. The van der Waals surface area contributed by atoms with Crippen molar-refractivity contribution in [2.24, 2.45) is 0 Å². The van der Waals surface area contributed by atoms with Crippen LogP contribution in [0.1, 0.15) is 12.8 Å². The second-order valence-electron chi connectivity index (χ2n) is 4.35. The van der Waals surface area contributed by atoms with E-state index in [2.05, 4.69) is 10.6 Å². The molecule has 1 atom stereocenters. The van der Waals surface area contributed by atoms with E-state index in [1.807, 2.05) is 0 Å². The highest BCUT2D eigenvalue weighted by atomic mass is 35.5. The van der Waals surface area contributed by atoms with Crippen LogP contribution in [0.5, 0.6) is 5.75 Å². The van der Waals surface area contributed by atoms with E-state index in [1.165, 1.54) is 24.3 Å². The molecule has 0 unspecified atom stereocenters. The summed E-state index contributed by atoms with van der Waals surface area (Å²) in [6.07, 6.45) is 2.07. The van der Waals surface area contributed by atoms with Gasteiger partial charge in [-0.05, 0) is 43.7 Å². The van der Waals surface area contributed by atoms with E-state index in [9.17, 15) is 9.18 Å². The maximum atomic E-state index is 12.7. The van der Waals surface area contributed by atoms with E-state index in [4.69, 9.17) is 4.74 Å². The number of nitrogens with one attached hydrogen (secondary N) is 2. The fourth-order valence-corrected chi connectivity index (χ4v) is 1.92. The largest absolute Gasteiger partial charge is 0.484 e. The Morgan fingerprint density at radius 2 is 2.16 bits per heavy atom. The standard InChI is InChI=1S/C13H17FN2O2.ClH/c14-10-3-5-12(6-4-10)18-9-13(17)16-11-2-1-7-15-8-11;/h3-6,11,15H,1-2,7-9H2,(H,16,17);1H/t11-;/m0./s1. The SMILES string of the molecule is Cl.O=C(COc1ccc(F)cc1)N[C@H]1CCCNC1. The molecule has 0 bridgehead atoms. The van der Waals surface area contributed by atoms with Gasteiger partial charge in [0.05, 0.1) is 0 Å². The van der Waals surface area contributed by atoms with Gasteiger partial charge in [-0.2, -0.15) is 0 Å². The van der Waals surface area contributed by atoms with Crippen molar-refractivity contribution in [3.05, 3.63) is 30.1 Å². The van der Waals surface area contributed by atoms with Gasteiger partial charge in [0.25, 0.3) is 5.91 Å². The number of hydrogen-bond acceptors (Lipinski definition) is 3. The predicted molar refractivity (Wildman–Crippen MR) is 73.2 cm³/mol. The summed E-state index contributed by atoms with van der Waals surface area (Å²) in [5, 5.41) is 6.12. The quantitative estimate of drug-likeness (QED) is 0.883. The molecule has 1 amide bonds. The Hall–Kier alpha value is -1.33. The Morgan fingerprint density at radius 3 is 2.79 bits per heavy atom. The van der Waals surface area contributed by atoms with Crippen molar-refractivity contribution in [1.82, 2.24) is 10.6 Å². The lowest BCUT2D eigenvalue weighted by Crippen LogP contribution is -2.46. The Kier molecular flexibility index (Phi) is 6.59. The van der Waals surface area contributed by atoms with E-state index in [1.54, 1.807) is 0 Å². The molecule has 1 fully saturated rings. The van der Waals surface area contributed by atoms with Crippen molar-refractivity contribution in [2.75, 3.05) is 19.7 Å². The third-order valence-corrected chi connectivity index (χ3v) is 2.85. The molecule has 19 heavy (non-hydrogen) atoms. The van der Waals surface area contributed by atoms with E-state index < -0.39 is 0 Å². The summed E-state index contributed by atoms with van der Waals surface area (Å²) in [6, 6.07) is 5.80. The number of carbonyl (C=O) groups is 1. The molecule has 1 aliphatic heterocycles. The second-order valence-corrected chi connectivity index (χ2v) is 4.35. The van der Waals surface area contributed by atoms with Crippen molar-refractivity contribution in [2.45, 2.75) is 18.9 Å². The zero-order valence-electron chi connectivity index (χ0n) is 10.5. The molecule has 0 aliphatic carbocycles. The number of ether oxygens (including phenoxy) is 1. The first-order valence-corrected chi connectivity index (χ1v) is 6.12. The molecule has 1 heterocycles. The molecule has 0 saturated carbocycles. The van der Waals surface area contributed by atoms with Gasteiger partial charge in [0, 0.05) is 12.6 Å². The van der Waals surface area contributed by atoms with E-state index in [0.717, 1.165) is 25.9 Å². The van der Waals surface area contributed by atoms with Crippen LogP contribution in [0.4, 0.5) is 4.39 Å². The number of hydrogen-bond donors (Lipinski definition) is 2. The third kappa shape index (κ3) is 5.44. The van der Waals surface area contributed by atoms with E-state index >= 15 is 0 Å². The molecular weight excluding hydrogens is 271 g/mol. The number of carbonyl (C=O) groups excluding carboxylic acids is 1. The molecule has 0 aromatic heterocycles. The smallest absolute Gasteiger partial charge is 0.258 e. The molecule has 106 valence electrons. The maximum absolute atomic E-state index is 12.7. The van der Waals surface area contributed by atoms with Gasteiger partial charge in [-0.15, -0.1) is 12.4 Å². The van der Waals surface area contributed by atoms with Crippen LogP contribution in [-0.4, -0.2) is 31.6 Å². The van der Waals surface area contributed by atoms with Gasteiger partial charge in [-0.3, -0.25) is 4.79 Å². The van der Waals surface area contributed by atoms with Crippen molar-refractivity contribution in [1.29, 1.82) is 0 Å². The van der Waals surface area contributed by atoms with Gasteiger partial charge in [0.2, 0.25) is 0 Å². The number of amides is 1. The van der Waals surface area contributed by atoms with Gasteiger partial charge in [0.1, 0.15) is 11.6 Å². The van der Waals surface area contributed by atoms with Crippen molar-refractivity contribution in [3.63, 3.8) is 0 Å². The summed E-state index contributed by atoms with van der Waals surface area (Å²) in [6.45, 7) is 1.78. The number of piperidine rings is 1. The molecule has 6 heteroatoms. The summed E-state index contributed by atoms with van der Waals surface area (Å²) in [5.41, 5.74) is 0. The van der Waals surface area contributed by atoms with Crippen molar-refractivity contribution in [3.8, 4) is 5.75 Å².